The van der Waals surface area contributed by atoms with Crippen LogP contribution in [0.15, 0.2) is 48.5 Å². The van der Waals surface area contributed by atoms with Crippen molar-refractivity contribution in [3.63, 3.8) is 0 Å². The summed E-state index contributed by atoms with van der Waals surface area (Å²) in [4.78, 5) is 9.28. The molecule has 5 rings (SSSR count). The van der Waals surface area contributed by atoms with E-state index in [0.717, 1.165) is 39.9 Å². The van der Waals surface area contributed by atoms with E-state index in [1.165, 1.54) is 5.56 Å². The molecule has 0 saturated heterocycles. The Morgan fingerprint density at radius 2 is 1.96 bits per heavy atom. The van der Waals surface area contributed by atoms with Gasteiger partial charge in [-0.2, -0.15) is 0 Å². The van der Waals surface area contributed by atoms with Crippen LogP contribution in [-0.2, 0) is 17.8 Å². The van der Waals surface area contributed by atoms with Gasteiger partial charge in [-0.25, -0.2) is 9.97 Å². The van der Waals surface area contributed by atoms with E-state index in [4.69, 9.17) is 20.2 Å². The summed E-state index contributed by atoms with van der Waals surface area (Å²) in [6.07, 6.45) is 0.846. The van der Waals surface area contributed by atoms with Crippen molar-refractivity contribution in [2.24, 2.45) is 0 Å². The normalized spacial score (nSPS) is 16.6. The van der Waals surface area contributed by atoms with Gasteiger partial charge in [-0.3, -0.25) is 0 Å². The molecule has 4 aromatic rings. The Balaban J connectivity index is 1.66. The molecule has 2 aromatic carbocycles. The highest BCUT2D eigenvalue weighted by molar-refractivity contribution is 6.06. The quantitative estimate of drug-likeness (QED) is 0.605. The van der Waals surface area contributed by atoms with Crippen LogP contribution in [0.2, 0.25) is 0 Å². The lowest BCUT2D eigenvalue weighted by atomic mass is 10.0. The van der Waals surface area contributed by atoms with Gasteiger partial charge in [0.1, 0.15) is 23.7 Å². The number of anilines is 1. The number of para-hydroxylation sites is 1. The second-order valence-corrected chi connectivity index (χ2v) is 6.83. The molecule has 0 radical (unpaired) electrons. The molecule has 0 fully saturated rings. The largest absolute Gasteiger partial charge is 0.497 e. The van der Waals surface area contributed by atoms with E-state index in [9.17, 15) is 0 Å². The van der Waals surface area contributed by atoms with Gasteiger partial charge in [0.2, 0.25) is 0 Å². The Kier molecular flexibility index (Phi) is 3.72. The number of nitrogens with zero attached hydrogens (tertiary/aromatic N) is 3. The third kappa shape index (κ3) is 2.61. The molecule has 0 amide bonds. The molecule has 2 aromatic heterocycles. The molecule has 6 heteroatoms. The zero-order valence-corrected chi connectivity index (χ0v) is 15.1. The zero-order valence-electron chi connectivity index (χ0n) is 15.1. The summed E-state index contributed by atoms with van der Waals surface area (Å²) in [6.45, 7) is 1.13. The van der Waals surface area contributed by atoms with Gasteiger partial charge in [0.25, 0.3) is 0 Å². The minimum Gasteiger partial charge on any atom is -0.497 e. The van der Waals surface area contributed by atoms with Gasteiger partial charge >= 0.3 is 0 Å². The predicted octanol–water partition coefficient (Wildman–Crippen LogP) is 3.49. The summed E-state index contributed by atoms with van der Waals surface area (Å²) >= 11 is 0. The van der Waals surface area contributed by atoms with Crippen molar-refractivity contribution in [3.05, 3.63) is 59.9 Å². The van der Waals surface area contributed by atoms with Crippen LogP contribution in [0.1, 0.15) is 17.4 Å². The second-order valence-electron chi connectivity index (χ2n) is 6.83. The third-order valence-corrected chi connectivity index (χ3v) is 5.16. The Morgan fingerprint density at radius 1 is 1.15 bits per heavy atom. The van der Waals surface area contributed by atoms with Gasteiger partial charge in [0, 0.05) is 5.39 Å². The van der Waals surface area contributed by atoms with Crippen molar-refractivity contribution < 1.29 is 9.47 Å². The van der Waals surface area contributed by atoms with Gasteiger partial charge in [0.15, 0.2) is 5.82 Å². The molecular formula is C21H20N4O2. The fraction of sp³-hybridized carbons (Fsp3) is 0.238. The Labute approximate surface area is 156 Å². The Bertz CT molecular complexity index is 1130. The van der Waals surface area contributed by atoms with E-state index in [1.807, 2.05) is 30.3 Å². The number of methoxy groups -OCH3 is 1. The van der Waals surface area contributed by atoms with Crippen LogP contribution in [0, 0.1) is 0 Å². The molecule has 3 heterocycles. The van der Waals surface area contributed by atoms with Gasteiger partial charge in [-0.15, -0.1) is 0 Å². The first-order valence-electron chi connectivity index (χ1n) is 9.00. The van der Waals surface area contributed by atoms with Crippen molar-refractivity contribution in [2.75, 3.05) is 19.5 Å². The number of ether oxygens (including phenoxy) is 2. The molecule has 0 bridgehead atoms. The monoisotopic (exact) mass is 360 g/mol. The first-order valence-corrected chi connectivity index (χ1v) is 9.00. The fourth-order valence-corrected chi connectivity index (χ4v) is 3.91. The maximum atomic E-state index is 6.22. The van der Waals surface area contributed by atoms with Crippen LogP contribution in [-0.4, -0.2) is 28.3 Å². The number of rotatable bonds is 3. The lowest BCUT2D eigenvalue weighted by molar-refractivity contribution is 0.0567. The standard InChI is InChI=1S/C21H20N4O2/c1-26-15-8-6-13(7-9-15)10-14-11-27-12-18-24-19-20(25(14)18)16-4-2-3-5-17(16)23-21(19)22/h2-9,14H,10-12H2,1H3,(H2,22,23)/t14-/m0/s1. The molecule has 0 aliphatic carbocycles. The topological polar surface area (TPSA) is 75.2 Å². The molecule has 0 unspecified atom stereocenters. The maximum absolute atomic E-state index is 6.22. The van der Waals surface area contributed by atoms with Gasteiger partial charge in [-0.1, -0.05) is 30.3 Å². The van der Waals surface area contributed by atoms with Gasteiger partial charge < -0.3 is 19.8 Å². The van der Waals surface area contributed by atoms with Crippen LogP contribution in [0.25, 0.3) is 21.9 Å². The van der Waals surface area contributed by atoms with Crippen molar-refractivity contribution in [1.29, 1.82) is 0 Å². The van der Waals surface area contributed by atoms with Gasteiger partial charge in [-0.05, 0) is 30.2 Å². The lowest BCUT2D eigenvalue weighted by Gasteiger charge is -2.26. The first-order chi connectivity index (χ1) is 13.2. The Morgan fingerprint density at radius 3 is 2.78 bits per heavy atom. The first kappa shape index (κ1) is 16.1. The number of fused-ring (bicyclic) bond motifs is 5. The number of aromatic nitrogens is 3. The van der Waals surface area contributed by atoms with E-state index in [-0.39, 0.29) is 6.04 Å². The highest BCUT2D eigenvalue weighted by Gasteiger charge is 2.26. The lowest BCUT2D eigenvalue weighted by Crippen LogP contribution is -2.25. The predicted molar refractivity (Wildman–Crippen MR) is 105 cm³/mol. The van der Waals surface area contributed by atoms with Crippen molar-refractivity contribution in [3.8, 4) is 5.75 Å². The zero-order chi connectivity index (χ0) is 18.4. The summed E-state index contributed by atoms with van der Waals surface area (Å²) in [5.41, 5.74) is 10.1. The molecule has 0 spiro atoms. The maximum Gasteiger partial charge on any atom is 0.152 e. The number of nitrogen functional groups attached to an aromatic ring is 1. The third-order valence-electron chi connectivity index (χ3n) is 5.16. The summed E-state index contributed by atoms with van der Waals surface area (Å²) in [5, 5.41) is 1.07. The van der Waals surface area contributed by atoms with Crippen molar-refractivity contribution in [1.82, 2.24) is 14.5 Å². The smallest absolute Gasteiger partial charge is 0.152 e. The van der Waals surface area contributed by atoms with E-state index >= 15 is 0 Å². The number of pyridine rings is 1. The highest BCUT2D eigenvalue weighted by atomic mass is 16.5. The number of imidazole rings is 1. The average molecular weight is 360 g/mol. The molecular weight excluding hydrogens is 340 g/mol. The van der Waals surface area contributed by atoms with Crippen LogP contribution in [0.3, 0.4) is 0 Å². The molecule has 27 heavy (non-hydrogen) atoms. The van der Waals surface area contributed by atoms with Gasteiger partial charge in [0.05, 0.1) is 30.8 Å². The molecule has 1 aliphatic heterocycles. The van der Waals surface area contributed by atoms with Crippen LogP contribution < -0.4 is 10.5 Å². The van der Waals surface area contributed by atoms with E-state index in [1.54, 1.807) is 7.11 Å². The SMILES string of the molecule is COc1ccc(C[C@H]2COCc3nc4c(N)nc5ccccc5c4n32)cc1. The number of nitrogens with two attached hydrogens (primary N) is 1. The fourth-order valence-electron chi connectivity index (χ4n) is 3.91. The van der Waals surface area contributed by atoms with E-state index in [2.05, 4.69) is 27.8 Å². The average Bonchev–Trinajstić information content (AvgIpc) is 3.10. The molecule has 136 valence electrons. The summed E-state index contributed by atoms with van der Waals surface area (Å²) in [7, 11) is 1.68. The van der Waals surface area contributed by atoms with Crippen molar-refractivity contribution in [2.45, 2.75) is 19.1 Å². The van der Waals surface area contributed by atoms with Crippen LogP contribution in [0.5, 0.6) is 5.75 Å². The van der Waals surface area contributed by atoms with E-state index in [0.29, 0.717) is 19.0 Å². The Hall–Kier alpha value is -3.12. The summed E-state index contributed by atoms with van der Waals surface area (Å²) < 4.78 is 13.4. The summed E-state index contributed by atoms with van der Waals surface area (Å²) in [6, 6.07) is 16.4. The highest BCUT2D eigenvalue weighted by Crippen LogP contribution is 2.34. The minimum atomic E-state index is 0.150. The number of benzene rings is 2. The molecule has 1 atom stereocenters. The number of hydrogen-bond donors (Lipinski definition) is 1. The second kappa shape index (κ2) is 6.25. The van der Waals surface area contributed by atoms with Crippen LogP contribution in [0.4, 0.5) is 5.82 Å². The summed E-state index contributed by atoms with van der Waals surface area (Å²) in [5.74, 6) is 2.23. The van der Waals surface area contributed by atoms with Crippen molar-refractivity contribution >= 4 is 27.8 Å². The molecule has 6 nitrogen and oxygen atoms in total. The van der Waals surface area contributed by atoms with Crippen LogP contribution >= 0.6 is 0 Å². The number of hydrogen-bond acceptors (Lipinski definition) is 5. The molecule has 2 N–H and O–H groups in total. The molecule has 0 saturated carbocycles. The van der Waals surface area contributed by atoms with E-state index < -0.39 is 0 Å². The minimum absolute atomic E-state index is 0.150. The molecule has 1 aliphatic rings.